The zero-order valence-corrected chi connectivity index (χ0v) is 13.0. The van der Waals surface area contributed by atoms with Crippen molar-refractivity contribution in [2.75, 3.05) is 19.6 Å². The lowest BCUT2D eigenvalue weighted by Gasteiger charge is -2.24. The molecule has 0 aromatic carbocycles. The van der Waals surface area contributed by atoms with E-state index in [1.54, 1.807) is 6.07 Å². The summed E-state index contributed by atoms with van der Waals surface area (Å²) in [5.41, 5.74) is 0. The van der Waals surface area contributed by atoms with Gasteiger partial charge in [-0.2, -0.15) is 0 Å². The number of carboxylic acid groups (broad SMARTS) is 1. The lowest BCUT2D eigenvalue weighted by Crippen LogP contribution is -2.35. The summed E-state index contributed by atoms with van der Waals surface area (Å²) in [6.45, 7) is 6.46. The van der Waals surface area contributed by atoms with Gasteiger partial charge in [0.05, 0.1) is 11.3 Å². The number of nitrogens with zero attached hydrogens (tertiary/aromatic N) is 1. The molecule has 0 saturated heterocycles. The molecule has 0 bridgehead atoms. The molecule has 1 N–H and O–H groups in total. The molecule has 0 aliphatic rings. The van der Waals surface area contributed by atoms with Gasteiger partial charge in [-0.1, -0.05) is 26.3 Å². The van der Waals surface area contributed by atoms with E-state index in [9.17, 15) is 9.59 Å². The molecule has 0 spiro atoms. The second-order valence-corrected chi connectivity index (χ2v) is 5.83. The topological polar surface area (TPSA) is 57.6 Å². The van der Waals surface area contributed by atoms with Gasteiger partial charge in [0.25, 0.3) is 0 Å². The van der Waals surface area contributed by atoms with Crippen molar-refractivity contribution in [1.29, 1.82) is 0 Å². The molecule has 1 heterocycles. The first kappa shape index (κ1) is 16.9. The van der Waals surface area contributed by atoms with E-state index >= 15 is 0 Å². The van der Waals surface area contributed by atoms with Crippen molar-refractivity contribution >= 4 is 23.1 Å². The molecule has 112 valence electrons. The van der Waals surface area contributed by atoms with Crippen LogP contribution in [0.5, 0.6) is 0 Å². The summed E-state index contributed by atoms with van der Waals surface area (Å²) in [4.78, 5) is 26.2. The molecular weight excluding hydrogens is 274 g/mol. The highest BCUT2D eigenvalue weighted by molar-refractivity contribution is 7.12. The molecule has 1 aromatic rings. The van der Waals surface area contributed by atoms with E-state index in [0.29, 0.717) is 11.4 Å². The Hall–Kier alpha value is -1.20. The molecule has 0 saturated carbocycles. The number of carbonyl (C=O) groups excluding carboxylic acids is 1. The minimum atomic E-state index is -0.911. The number of rotatable bonds is 10. The van der Waals surface area contributed by atoms with E-state index in [4.69, 9.17) is 5.11 Å². The number of hydrogen-bond donors (Lipinski definition) is 1. The fraction of sp³-hybridized carbons (Fsp3) is 0.600. The number of carboxylic acids is 1. The number of ketones is 1. The maximum atomic E-state index is 12.4. The summed E-state index contributed by atoms with van der Waals surface area (Å²) >= 11 is 1.38. The highest BCUT2D eigenvalue weighted by Gasteiger charge is 2.25. The Bertz CT molecular complexity index is 417. The van der Waals surface area contributed by atoms with Gasteiger partial charge in [-0.3, -0.25) is 9.59 Å². The first-order chi connectivity index (χ1) is 9.58. The average Bonchev–Trinajstić information content (AvgIpc) is 2.94. The maximum Gasteiger partial charge on any atom is 0.304 e. The van der Waals surface area contributed by atoms with Crippen molar-refractivity contribution in [2.24, 2.45) is 5.92 Å². The van der Waals surface area contributed by atoms with Crippen LogP contribution in [0.25, 0.3) is 0 Å². The first-order valence-corrected chi connectivity index (χ1v) is 7.98. The van der Waals surface area contributed by atoms with Gasteiger partial charge in [0.2, 0.25) is 0 Å². The van der Waals surface area contributed by atoms with E-state index in [1.807, 2.05) is 18.4 Å². The van der Waals surface area contributed by atoms with Gasteiger partial charge < -0.3 is 10.0 Å². The molecule has 0 aliphatic carbocycles. The van der Waals surface area contributed by atoms with Crippen molar-refractivity contribution in [3.63, 3.8) is 0 Å². The van der Waals surface area contributed by atoms with Gasteiger partial charge in [0, 0.05) is 12.5 Å². The summed E-state index contributed by atoms with van der Waals surface area (Å²) in [6, 6.07) is 3.59. The van der Waals surface area contributed by atoms with Crippen LogP contribution in [-0.2, 0) is 4.79 Å². The van der Waals surface area contributed by atoms with Crippen molar-refractivity contribution in [3.05, 3.63) is 22.4 Å². The third-order valence-corrected chi connectivity index (χ3v) is 4.19. The molecule has 0 amide bonds. The monoisotopic (exact) mass is 297 g/mol. The van der Waals surface area contributed by atoms with Crippen LogP contribution in [-0.4, -0.2) is 41.4 Å². The molecule has 1 aromatic heterocycles. The normalized spacial score (nSPS) is 12.6. The summed E-state index contributed by atoms with van der Waals surface area (Å²) in [5, 5.41) is 10.9. The van der Waals surface area contributed by atoms with Crippen molar-refractivity contribution in [1.82, 2.24) is 4.90 Å². The van der Waals surface area contributed by atoms with Crippen molar-refractivity contribution in [3.8, 4) is 0 Å². The van der Waals surface area contributed by atoms with Crippen molar-refractivity contribution in [2.45, 2.75) is 33.1 Å². The zero-order valence-electron chi connectivity index (χ0n) is 12.2. The molecule has 4 nitrogen and oxygen atoms in total. The van der Waals surface area contributed by atoms with Gasteiger partial charge in [-0.15, -0.1) is 11.3 Å². The Morgan fingerprint density at radius 3 is 2.65 bits per heavy atom. The second-order valence-electron chi connectivity index (χ2n) is 4.88. The van der Waals surface area contributed by atoms with Crippen LogP contribution in [0, 0.1) is 5.92 Å². The SMILES string of the molecule is CCCCN(CC)CC(CC(=O)O)C(=O)c1cccs1. The minimum Gasteiger partial charge on any atom is -0.481 e. The third kappa shape index (κ3) is 5.43. The molecule has 5 heteroatoms. The Morgan fingerprint density at radius 1 is 1.40 bits per heavy atom. The number of Topliss-reactive ketones (excluding diaryl/α,β-unsaturated/α-hetero) is 1. The predicted octanol–water partition coefficient (Wildman–Crippen LogP) is 3.14. The van der Waals surface area contributed by atoms with E-state index in [2.05, 4.69) is 11.8 Å². The molecule has 20 heavy (non-hydrogen) atoms. The predicted molar refractivity (Wildman–Crippen MR) is 81.4 cm³/mol. The molecule has 0 radical (unpaired) electrons. The molecule has 0 fully saturated rings. The Kier molecular flexibility index (Phi) is 7.47. The van der Waals surface area contributed by atoms with Crippen LogP contribution in [0.3, 0.4) is 0 Å². The van der Waals surface area contributed by atoms with E-state index < -0.39 is 11.9 Å². The van der Waals surface area contributed by atoms with Crippen LogP contribution in [0.1, 0.15) is 42.8 Å². The largest absolute Gasteiger partial charge is 0.481 e. The molecule has 0 aliphatic heterocycles. The summed E-state index contributed by atoms with van der Waals surface area (Å²) in [7, 11) is 0. The number of carbonyl (C=O) groups is 2. The van der Waals surface area contributed by atoms with Gasteiger partial charge >= 0.3 is 5.97 Å². The smallest absolute Gasteiger partial charge is 0.304 e. The number of unbranched alkanes of at least 4 members (excludes halogenated alkanes) is 1. The van der Waals surface area contributed by atoms with Gasteiger partial charge in [-0.05, 0) is 31.0 Å². The van der Waals surface area contributed by atoms with Crippen LogP contribution in [0.4, 0.5) is 0 Å². The minimum absolute atomic E-state index is 0.0441. The van der Waals surface area contributed by atoms with Gasteiger partial charge in [-0.25, -0.2) is 0 Å². The number of aliphatic carboxylic acids is 1. The van der Waals surface area contributed by atoms with E-state index in [0.717, 1.165) is 25.9 Å². The number of hydrogen-bond acceptors (Lipinski definition) is 4. The van der Waals surface area contributed by atoms with Gasteiger partial charge in [0.15, 0.2) is 5.78 Å². The zero-order chi connectivity index (χ0) is 15.0. The first-order valence-electron chi connectivity index (χ1n) is 7.10. The van der Waals surface area contributed by atoms with Crippen LogP contribution < -0.4 is 0 Å². The Labute approximate surface area is 124 Å². The van der Waals surface area contributed by atoms with E-state index in [1.165, 1.54) is 11.3 Å². The Balaban J connectivity index is 2.72. The van der Waals surface area contributed by atoms with Crippen molar-refractivity contribution < 1.29 is 14.7 Å². The highest BCUT2D eigenvalue weighted by atomic mass is 32.1. The lowest BCUT2D eigenvalue weighted by molar-refractivity contribution is -0.137. The standard InChI is InChI=1S/C15H23NO3S/c1-3-5-8-16(4-2)11-12(10-14(17)18)15(19)13-7-6-9-20-13/h6-7,9,12H,3-5,8,10-11H2,1-2H3,(H,17,18). The maximum absolute atomic E-state index is 12.4. The summed E-state index contributed by atoms with van der Waals surface area (Å²) in [6.07, 6.45) is 2.07. The molecule has 1 atom stereocenters. The summed E-state index contributed by atoms with van der Waals surface area (Å²) in [5.74, 6) is -1.41. The third-order valence-electron chi connectivity index (χ3n) is 3.31. The fourth-order valence-corrected chi connectivity index (χ4v) is 2.89. The number of thiophene rings is 1. The second kappa shape index (κ2) is 8.87. The molecule has 1 unspecified atom stereocenters. The quantitative estimate of drug-likeness (QED) is 0.674. The molecular formula is C15H23NO3S. The van der Waals surface area contributed by atoms with Gasteiger partial charge in [0.1, 0.15) is 0 Å². The van der Waals surface area contributed by atoms with Crippen LogP contribution in [0.2, 0.25) is 0 Å². The Morgan fingerprint density at radius 2 is 2.15 bits per heavy atom. The molecule has 1 rings (SSSR count). The highest BCUT2D eigenvalue weighted by Crippen LogP contribution is 2.18. The summed E-state index contributed by atoms with van der Waals surface area (Å²) < 4.78 is 0. The van der Waals surface area contributed by atoms with Crippen LogP contribution in [0.15, 0.2) is 17.5 Å². The van der Waals surface area contributed by atoms with E-state index in [-0.39, 0.29) is 12.2 Å². The fourth-order valence-electron chi connectivity index (χ4n) is 2.14. The lowest BCUT2D eigenvalue weighted by atomic mass is 9.98. The average molecular weight is 297 g/mol. The van der Waals surface area contributed by atoms with Crippen LogP contribution >= 0.6 is 11.3 Å².